The van der Waals surface area contributed by atoms with Gasteiger partial charge in [0.05, 0.1) is 0 Å². The molecule has 1 amide bonds. The Morgan fingerprint density at radius 1 is 1.11 bits per heavy atom. The summed E-state index contributed by atoms with van der Waals surface area (Å²) in [5.41, 5.74) is 1.84. The number of hydrogen-bond donors (Lipinski definition) is 2. The van der Waals surface area contributed by atoms with Gasteiger partial charge >= 0.3 is 6.09 Å². The van der Waals surface area contributed by atoms with Crippen molar-refractivity contribution in [1.82, 2.24) is 10.6 Å². The molecular weight excluding hydrogens is 240 g/mol. The van der Waals surface area contributed by atoms with Gasteiger partial charge in [0.2, 0.25) is 0 Å². The third kappa shape index (κ3) is 6.82. The number of nitrogens with one attached hydrogen (secondary N) is 2. The normalized spacial score (nSPS) is 11.2. The van der Waals surface area contributed by atoms with Crippen molar-refractivity contribution in [3.05, 3.63) is 35.4 Å². The van der Waals surface area contributed by atoms with Crippen molar-refractivity contribution >= 4 is 6.09 Å². The highest BCUT2D eigenvalue weighted by Gasteiger charge is 2.15. The summed E-state index contributed by atoms with van der Waals surface area (Å²) in [6.07, 6.45) is -0.385. The molecular formula is C15H24N2O2. The maximum atomic E-state index is 11.5. The van der Waals surface area contributed by atoms with E-state index < -0.39 is 5.60 Å². The van der Waals surface area contributed by atoms with Crippen LogP contribution in [0.1, 0.15) is 38.8 Å². The molecule has 0 aliphatic carbocycles. The van der Waals surface area contributed by atoms with Gasteiger partial charge in [-0.3, -0.25) is 0 Å². The number of ether oxygens (including phenoxy) is 1. The van der Waals surface area contributed by atoms with Crippen LogP contribution in [0, 0.1) is 0 Å². The minimum absolute atomic E-state index is 0.385. The van der Waals surface area contributed by atoms with Gasteiger partial charge in [-0.1, -0.05) is 31.2 Å². The molecule has 19 heavy (non-hydrogen) atoms. The molecule has 0 unspecified atom stereocenters. The van der Waals surface area contributed by atoms with E-state index in [1.165, 1.54) is 5.56 Å². The molecule has 4 heteroatoms. The molecule has 0 spiro atoms. The smallest absolute Gasteiger partial charge is 0.407 e. The number of carbonyl (C=O) groups is 1. The number of alkyl carbamates (subject to hydrolysis) is 1. The van der Waals surface area contributed by atoms with Crippen LogP contribution < -0.4 is 10.6 Å². The summed E-state index contributed by atoms with van der Waals surface area (Å²) in [6, 6.07) is 8.16. The second kappa shape index (κ2) is 7.14. The molecule has 2 N–H and O–H groups in total. The van der Waals surface area contributed by atoms with Crippen molar-refractivity contribution in [3.63, 3.8) is 0 Å². The Bertz CT molecular complexity index is 394. The molecule has 0 fully saturated rings. The number of benzene rings is 1. The largest absolute Gasteiger partial charge is 0.444 e. The van der Waals surface area contributed by atoms with Crippen LogP contribution in [-0.2, 0) is 17.8 Å². The maximum absolute atomic E-state index is 11.5. The fraction of sp³-hybridized carbons (Fsp3) is 0.533. The van der Waals surface area contributed by atoms with E-state index in [2.05, 4.69) is 29.7 Å². The van der Waals surface area contributed by atoms with E-state index in [1.54, 1.807) is 0 Å². The zero-order chi connectivity index (χ0) is 14.3. The number of hydrogen-bond acceptors (Lipinski definition) is 3. The minimum atomic E-state index is -0.459. The van der Waals surface area contributed by atoms with Crippen LogP contribution in [0.2, 0.25) is 0 Å². The number of rotatable bonds is 5. The molecule has 1 aromatic carbocycles. The summed E-state index contributed by atoms with van der Waals surface area (Å²) in [6.45, 7) is 9.94. The van der Waals surface area contributed by atoms with Gasteiger partial charge in [0, 0.05) is 13.1 Å². The zero-order valence-electron chi connectivity index (χ0n) is 12.2. The molecule has 1 aromatic rings. The Morgan fingerprint density at radius 2 is 1.63 bits per heavy atom. The first-order chi connectivity index (χ1) is 8.90. The fourth-order valence-corrected chi connectivity index (χ4v) is 1.53. The predicted octanol–water partition coefficient (Wildman–Crippen LogP) is 2.82. The lowest BCUT2D eigenvalue weighted by molar-refractivity contribution is 0.0523. The van der Waals surface area contributed by atoms with Gasteiger partial charge in [-0.2, -0.15) is 0 Å². The monoisotopic (exact) mass is 264 g/mol. The lowest BCUT2D eigenvalue weighted by Gasteiger charge is -2.19. The molecule has 0 atom stereocenters. The van der Waals surface area contributed by atoms with Crippen molar-refractivity contribution in [1.29, 1.82) is 0 Å². The third-order valence-corrected chi connectivity index (χ3v) is 2.44. The summed E-state index contributed by atoms with van der Waals surface area (Å²) in [4.78, 5) is 11.5. The molecule has 1 rings (SSSR count). The Kier molecular flexibility index (Phi) is 5.83. The van der Waals surface area contributed by atoms with Crippen molar-refractivity contribution in [2.75, 3.05) is 6.54 Å². The SMILES string of the molecule is CCNCc1ccc(CNC(=O)OC(C)(C)C)cc1. The van der Waals surface area contributed by atoms with Crippen LogP contribution in [0.3, 0.4) is 0 Å². The first-order valence-corrected chi connectivity index (χ1v) is 6.66. The van der Waals surface area contributed by atoms with E-state index in [-0.39, 0.29) is 6.09 Å². The Hall–Kier alpha value is -1.55. The summed E-state index contributed by atoms with van der Waals surface area (Å²) in [5.74, 6) is 0. The summed E-state index contributed by atoms with van der Waals surface area (Å²) in [7, 11) is 0. The van der Waals surface area contributed by atoms with Gasteiger partial charge in [-0.25, -0.2) is 4.79 Å². The lowest BCUT2D eigenvalue weighted by Crippen LogP contribution is -2.32. The standard InChI is InChI=1S/C15H24N2O2/c1-5-16-10-12-6-8-13(9-7-12)11-17-14(18)19-15(2,3)4/h6-9,16H,5,10-11H2,1-4H3,(H,17,18). The van der Waals surface area contributed by atoms with E-state index in [4.69, 9.17) is 4.74 Å². The highest BCUT2D eigenvalue weighted by Crippen LogP contribution is 2.08. The molecule has 0 bridgehead atoms. The van der Waals surface area contributed by atoms with Crippen LogP contribution in [0.25, 0.3) is 0 Å². The fourth-order valence-electron chi connectivity index (χ4n) is 1.53. The summed E-state index contributed by atoms with van der Waals surface area (Å²) >= 11 is 0. The zero-order valence-corrected chi connectivity index (χ0v) is 12.2. The van der Waals surface area contributed by atoms with Gasteiger partial charge in [-0.05, 0) is 38.4 Å². The van der Waals surface area contributed by atoms with E-state index in [9.17, 15) is 4.79 Å². The van der Waals surface area contributed by atoms with Crippen LogP contribution in [0.5, 0.6) is 0 Å². The molecule has 0 saturated heterocycles. The molecule has 4 nitrogen and oxygen atoms in total. The molecule has 0 aromatic heterocycles. The molecule has 0 saturated carbocycles. The second-order valence-corrected chi connectivity index (χ2v) is 5.45. The molecule has 0 radical (unpaired) electrons. The van der Waals surface area contributed by atoms with E-state index in [0.717, 1.165) is 18.7 Å². The predicted molar refractivity (Wildman–Crippen MR) is 76.9 cm³/mol. The van der Waals surface area contributed by atoms with Gasteiger partial charge < -0.3 is 15.4 Å². The average molecular weight is 264 g/mol. The van der Waals surface area contributed by atoms with Crippen molar-refractivity contribution in [2.45, 2.75) is 46.4 Å². The van der Waals surface area contributed by atoms with Gasteiger partial charge in [0.15, 0.2) is 0 Å². The number of amides is 1. The molecule has 0 heterocycles. The Labute approximate surface area is 115 Å². The number of carbonyl (C=O) groups excluding carboxylic acids is 1. The topological polar surface area (TPSA) is 50.4 Å². The van der Waals surface area contributed by atoms with Gasteiger partial charge in [0.25, 0.3) is 0 Å². The van der Waals surface area contributed by atoms with Crippen molar-refractivity contribution in [2.24, 2.45) is 0 Å². The quantitative estimate of drug-likeness (QED) is 0.859. The van der Waals surface area contributed by atoms with Crippen LogP contribution in [0.4, 0.5) is 4.79 Å². The summed E-state index contributed by atoms with van der Waals surface area (Å²) in [5, 5.41) is 6.01. The second-order valence-electron chi connectivity index (χ2n) is 5.45. The Balaban J connectivity index is 2.39. The van der Waals surface area contributed by atoms with E-state index in [0.29, 0.717) is 6.54 Å². The molecule has 0 aliphatic heterocycles. The van der Waals surface area contributed by atoms with Crippen LogP contribution >= 0.6 is 0 Å². The first kappa shape index (κ1) is 15.5. The maximum Gasteiger partial charge on any atom is 0.407 e. The third-order valence-electron chi connectivity index (χ3n) is 2.44. The van der Waals surface area contributed by atoms with Crippen LogP contribution in [0.15, 0.2) is 24.3 Å². The molecule has 0 aliphatic rings. The highest BCUT2D eigenvalue weighted by molar-refractivity contribution is 5.67. The van der Waals surface area contributed by atoms with Crippen molar-refractivity contribution < 1.29 is 9.53 Å². The van der Waals surface area contributed by atoms with Crippen molar-refractivity contribution in [3.8, 4) is 0 Å². The summed E-state index contributed by atoms with van der Waals surface area (Å²) < 4.78 is 5.18. The van der Waals surface area contributed by atoms with E-state index >= 15 is 0 Å². The first-order valence-electron chi connectivity index (χ1n) is 6.66. The highest BCUT2D eigenvalue weighted by atomic mass is 16.6. The van der Waals surface area contributed by atoms with E-state index in [1.807, 2.05) is 32.9 Å². The van der Waals surface area contributed by atoms with Gasteiger partial charge in [-0.15, -0.1) is 0 Å². The lowest BCUT2D eigenvalue weighted by atomic mass is 10.1. The average Bonchev–Trinajstić information content (AvgIpc) is 2.33. The Morgan fingerprint density at radius 3 is 2.11 bits per heavy atom. The van der Waals surface area contributed by atoms with Gasteiger partial charge in [0.1, 0.15) is 5.60 Å². The molecule has 106 valence electrons. The minimum Gasteiger partial charge on any atom is -0.444 e. The van der Waals surface area contributed by atoms with Crippen LogP contribution in [-0.4, -0.2) is 18.2 Å².